The lowest BCUT2D eigenvalue weighted by atomic mass is 9.86. The summed E-state index contributed by atoms with van der Waals surface area (Å²) in [5.41, 5.74) is -0.793. The van der Waals surface area contributed by atoms with Crippen LogP contribution in [0.3, 0.4) is 0 Å². The molecule has 0 radical (unpaired) electrons. The summed E-state index contributed by atoms with van der Waals surface area (Å²) >= 11 is 0. The lowest BCUT2D eigenvalue weighted by Gasteiger charge is -2.29. The number of carbonyl (C=O) groups excluding carboxylic acids is 1. The summed E-state index contributed by atoms with van der Waals surface area (Å²) < 4.78 is 0. The average molecular weight is 240 g/mol. The first-order valence-corrected chi connectivity index (χ1v) is 5.61. The quantitative estimate of drug-likeness (QED) is 0.564. The summed E-state index contributed by atoms with van der Waals surface area (Å²) in [4.78, 5) is 24.9. The fourth-order valence-electron chi connectivity index (χ4n) is 2.27. The van der Waals surface area contributed by atoms with Crippen LogP contribution in [0.25, 0.3) is 0 Å². The largest absolute Gasteiger partial charge is 0.396 e. The fourth-order valence-corrected chi connectivity index (χ4v) is 2.27. The Kier molecular flexibility index (Phi) is 3.01. The van der Waals surface area contributed by atoms with Crippen molar-refractivity contribution in [1.82, 2.24) is 20.5 Å². The molecule has 0 bridgehead atoms. The van der Waals surface area contributed by atoms with Crippen molar-refractivity contribution in [1.29, 1.82) is 0 Å². The van der Waals surface area contributed by atoms with E-state index in [9.17, 15) is 14.7 Å². The Morgan fingerprint density at radius 1 is 1.71 bits per heavy atom. The Labute approximate surface area is 97.6 Å². The molecule has 0 aromatic carbocycles. The average Bonchev–Trinajstić information content (AvgIpc) is 2.87. The highest BCUT2D eigenvalue weighted by molar-refractivity contribution is 5.90. The first-order chi connectivity index (χ1) is 8.05. The van der Waals surface area contributed by atoms with Crippen LogP contribution in [0.2, 0.25) is 0 Å². The van der Waals surface area contributed by atoms with Gasteiger partial charge in [0.2, 0.25) is 5.82 Å². The maximum Gasteiger partial charge on any atom is 0.341 e. The second-order valence-corrected chi connectivity index (χ2v) is 4.76. The zero-order chi connectivity index (χ0) is 12.5. The van der Waals surface area contributed by atoms with Gasteiger partial charge in [-0.05, 0) is 12.8 Å². The molecule has 1 aliphatic rings. The Morgan fingerprint density at radius 2 is 2.47 bits per heavy atom. The summed E-state index contributed by atoms with van der Waals surface area (Å²) in [5.74, 6) is -0.447. The van der Waals surface area contributed by atoms with E-state index in [0.29, 0.717) is 0 Å². The topological polar surface area (TPSA) is 111 Å². The Balaban J connectivity index is 2.06. The van der Waals surface area contributed by atoms with Crippen molar-refractivity contribution in [2.45, 2.75) is 32.2 Å². The smallest absolute Gasteiger partial charge is 0.341 e. The molecule has 1 saturated carbocycles. The van der Waals surface area contributed by atoms with E-state index < -0.39 is 11.6 Å². The number of hydrogen-bond acceptors (Lipinski definition) is 4. The number of nitrogens with one attached hydrogen (secondary N) is 3. The summed E-state index contributed by atoms with van der Waals surface area (Å²) in [7, 11) is 0. The monoisotopic (exact) mass is 240 g/mol. The lowest BCUT2D eigenvalue weighted by molar-refractivity contribution is 0.0821. The molecule has 2 atom stereocenters. The molecule has 0 saturated heterocycles. The van der Waals surface area contributed by atoms with Gasteiger partial charge in [-0.25, -0.2) is 9.89 Å². The van der Waals surface area contributed by atoms with Crippen LogP contribution in [-0.2, 0) is 0 Å². The Morgan fingerprint density at radius 3 is 3.06 bits per heavy atom. The predicted octanol–water partition coefficient (Wildman–Crippen LogP) is -0.621. The van der Waals surface area contributed by atoms with Gasteiger partial charge in [0.15, 0.2) is 0 Å². The molecular formula is C10H16N4O3. The van der Waals surface area contributed by atoms with Crippen LogP contribution in [0.5, 0.6) is 0 Å². The highest BCUT2D eigenvalue weighted by atomic mass is 16.3. The van der Waals surface area contributed by atoms with E-state index in [1.54, 1.807) is 0 Å². The molecule has 4 N–H and O–H groups in total. The van der Waals surface area contributed by atoms with E-state index in [2.05, 4.69) is 20.5 Å². The van der Waals surface area contributed by atoms with Crippen LogP contribution in [0.1, 0.15) is 36.8 Å². The van der Waals surface area contributed by atoms with E-state index in [4.69, 9.17) is 0 Å². The lowest BCUT2D eigenvalue weighted by Crippen LogP contribution is -2.45. The maximum absolute atomic E-state index is 11.8. The number of aromatic nitrogens is 3. The molecule has 0 aliphatic heterocycles. The third-order valence-electron chi connectivity index (χ3n) is 3.46. The van der Waals surface area contributed by atoms with Gasteiger partial charge < -0.3 is 10.4 Å². The zero-order valence-electron chi connectivity index (χ0n) is 9.62. The highest BCUT2D eigenvalue weighted by Gasteiger charge is 2.39. The molecular weight excluding hydrogens is 224 g/mol. The van der Waals surface area contributed by atoms with E-state index in [1.165, 1.54) is 0 Å². The van der Waals surface area contributed by atoms with Gasteiger partial charge in [0.1, 0.15) is 0 Å². The molecule has 1 fully saturated rings. The zero-order valence-corrected chi connectivity index (χ0v) is 9.62. The summed E-state index contributed by atoms with van der Waals surface area (Å²) in [6, 6.07) is -0.0831. The second-order valence-electron chi connectivity index (χ2n) is 4.76. The predicted molar refractivity (Wildman–Crippen MR) is 59.5 cm³/mol. The minimum Gasteiger partial charge on any atom is -0.396 e. The molecule has 1 aromatic heterocycles. The normalized spacial score (nSPS) is 28.2. The van der Waals surface area contributed by atoms with Gasteiger partial charge in [0.25, 0.3) is 5.91 Å². The van der Waals surface area contributed by atoms with Crippen LogP contribution >= 0.6 is 0 Å². The van der Waals surface area contributed by atoms with Crippen LogP contribution in [-0.4, -0.2) is 38.8 Å². The fraction of sp³-hybridized carbons (Fsp3) is 0.700. The third-order valence-corrected chi connectivity index (χ3v) is 3.46. The van der Waals surface area contributed by atoms with Gasteiger partial charge in [-0.15, -0.1) is 5.10 Å². The van der Waals surface area contributed by atoms with Crippen LogP contribution in [0, 0.1) is 5.41 Å². The molecule has 1 heterocycles. The number of aliphatic hydroxyl groups is 1. The molecule has 7 nitrogen and oxygen atoms in total. The second kappa shape index (κ2) is 4.33. The van der Waals surface area contributed by atoms with E-state index in [-0.39, 0.29) is 23.9 Å². The van der Waals surface area contributed by atoms with Gasteiger partial charge >= 0.3 is 5.69 Å². The maximum atomic E-state index is 11.8. The minimum absolute atomic E-state index is 0.0258. The first-order valence-electron chi connectivity index (χ1n) is 5.61. The summed E-state index contributed by atoms with van der Waals surface area (Å²) in [6.07, 6.45) is 2.68. The van der Waals surface area contributed by atoms with Gasteiger partial charge in [0.05, 0.1) is 6.61 Å². The van der Waals surface area contributed by atoms with Crippen LogP contribution in [0.15, 0.2) is 4.79 Å². The molecule has 2 unspecified atom stereocenters. The number of aliphatic hydroxyl groups excluding tert-OH is 1. The van der Waals surface area contributed by atoms with Crippen molar-refractivity contribution in [3.63, 3.8) is 0 Å². The van der Waals surface area contributed by atoms with Gasteiger partial charge in [-0.1, -0.05) is 13.3 Å². The number of carbonyl (C=O) groups is 1. The van der Waals surface area contributed by atoms with Crippen LogP contribution < -0.4 is 11.0 Å². The molecule has 17 heavy (non-hydrogen) atoms. The number of aromatic amines is 2. The summed E-state index contributed by atoms with van der Waals surface area (Å²) in [6.45, 7) is 1.98. The van der Waals surface area contributed by atoms with Crippen molar-refractivity contribution in [2.24, 2.45) is 5.41 Å². The standard InChI is InChI=1S/C10H16N4O3/c1-10(5-15)4-2-3-6(10)11-8(16)7-12-9(17)14-13-7/h6,15H,2-5H2,1H3,(H,11,16)(H2,12,13,14,17). The van der Waals surface area contributed by atoms with Crippen molar-refractivity contribution in [2.75, 3.05) is 6.61 Å². The van der Waals surface area contributed by atoms with Gasteiger partial charge in [0, 0.05) is 11.5 Å². The van der Waals surface area contributed by atoms with Crippen molar-refractivity contribution in [3.8, 4) is 0 Å². The molecule has 1 amide bonds. The van der Waals surface area contributed by atoms with Gasteiger partial charge in [-0.3, -0.25) is 9.78 Å². The number of H-pyrrole nitrogens is 2. The van der Waals surface area contributed by atoms with Crippen LogP contribution in [0.4, 0.5) is 0 Å². The highest BCUT2D eigenvalue weighted by Crippen LogP contribution is 2.37. The van der Waals surface area contributed by atoms with Crippen molar-refractivity contribution in [3.05, 3.63) is 16.3 Å². The first kappa shape index (κ1) is 11.8. The Bertz CT molecular complexity index is 466. The van der Waals surface area contributed by atoms with E-state index >= 15 is 0 Å². The SMILES string of the molecule is CC1(CO)CCCC1NC(=O)c1n[nH]c(=O)[nH]1. The molecule has 2 rings (SSSR count). The number of rotatable bonds is 3. The van der Waals surface area contributed by atoms with E-state index in [0.717, 1.165) is 19.3 Å². The molecule has 7 heteroatoms. The number of hydrogen-bond donors (Lipinski definition) is 4. The summed E-state index contributed by atoms with van der Waals surface area (Å²) in [5, 5.41) is 17.9. The molecule has 0 spiro atoms. The molecule has 1 aliphatic carbocycles. The molecule has 1 aromatic rings. The van der Waals surface area contributed by atoms with Gasteiger partial charge in [-0.2, -0.15) is 0 Å². The minimum atomic E-state index is -0.508. The number of nitrogens with zero attached hydrogens (tertiary/aromatic N) is 1. The van der Waals surface area contributed by atoms with Crippen molar-refractivity contribution < 1.29 is 9.90 Å². The number of amides is 1. The molecule has 94 valence electrons. The third kappa shape index (κ3) is 2.23. The Hall–Kier alpha value is -1.63. The van der Waals surface area contributed by atoms with E-state index in [1.807, 2.05) is 6.92 Å². The van der Waals surface area contributed by atoms with Crippen molar-refractivity contribution >= 4 is 5.91 Å².